The van der Waals surface area contributed by atoms with Gasteiger partial charge in [0.1, 0.15) is 0 Å². The number of aromatic hydroxyl groups is 1. The molecule has 0 fully saturated rings. The molecule has 4 heteroatoms. The highest BCUT2D eigenvalue weighted by Crippen LogP contribution is 2.34. The molecule has 20 heavy (non-hydrogen) atoms. The molecule has 3 rings (SSSR count). The molecule has 0 amide bonds. The van der Waals surface area contributed by atoms with Crippen molar-refractivity contribution in [2.75, 3.05) is 6.54 Å². The summed E-state index contributed by atoms with van der Waals surface area (Å²) in [6.07, 6.45) is 1.04. The fraction of sp³-hybridized carbons (Fsp3) is 0.250. The molecule has 0 heterocycles. The van der Waals surface area contributed by atoms with Crippen LogP contribution in [-0.4, -0.2) is 11.7 Å². The maximum atomic E-state index is 13.2. The Morgan fingerprint density at radius 1 is 1.15 bits per heavy atom. The van der Waals surface area contributed by atoms with Crippen molar-refractivity contribution in [2.45, 2.75) is 18.9 Å². The van der Waals surface area contributed by atoms with Crippen LogP contribution in [-0.2, 0) is 13.0 Å². The van der Waals surface area contributed by atoms with Crippen LogP contribution in [0.15, 0.2) is 36.4 Å². The molecule has 0 saturated heterocycles. The second kappa shape index (κ2) is 5.21. The maximum absolute atomic E-state index is 13.2. The van der Waals surface area contributed by atoms with Gasteiger partial charge in [-0.05, 0) is 35.2 Å². The molecule has 2 aromatic rings. The summed E-state index contributed by atoms with van der Waals surface area (Å²) >= 11 is 0. The van der Waals surface area contributed by atoms with E-state index in [0.29, 0.717) is 18.0 Å². The van der Waals surface area contributed by atoms with E-state index in [0.717, 1.165) is 25.1 Å². The lowest BCUT2D eigenvalue weighted by Crippen LogP contribution is -2.28. The summed E-state index contributed by atoms with van der Waals surface area (Å²) in [5.74, 6) is -2.29. The minimum absolute atomic E-state index is 0.382. The first-order valence-electron chi connectivity index (χ1n) is 6.60. The molecule has 1 unspecified atom stereocenters. The Morgan fingerprint density at radius 3 is 2.55 bits per heavy atom. The van der Waals surface area contributed by atoms with Crippen LogP contribution in [0.4, 0.5) is 8.78 Å². The zero-order chi connectivity index (χ0) is 14.1. The van der Waals surface area contributed by atoms with Crippen molar-refractivity contribution in [2.24, 2.45) is 0 Å². The van der Waals surface area contributed by atoms with Crippen LogP contribution in [0.2, 0.25) is 0 Å². The van der Waals surface area contributed by atoms with Gasteiger partial charge in [0.05, 0.1) is 0 Å². The lowest BCUT2D eigenvalue weighted by Gasteiger charge is -2.30. The van der Waals surface area contributed by atoms with Crippen molar-refractivity contribution in [3.63, 3.8) is 0 Å². The molecule has 0 saturated carbocycles. The lowest BCUT2D eigenvalue weighted by atomic mass is 9.77. The van der Waals surface area contributed by atoms with E-state index in [1.165, 1.54) is 11.1 Å². The van der Waals surface area contributed by atoms with Crippen molar-refractivity contribution in [1.82, 2.24) is 5.32 Å². The fourth-order valence-corrected chi connectivity index (χ4v) is 2.66. The molecule has 1 aliphatic carbocycles. The lowest BCUT2D eigenvalue weighted by molar-refractivity contribution is 0.395. The standard InChI is InChI=1S/C16H15F2NO/c17-14-5-10(6-15(18)16(14)20)8-19-9-12-7-11-3-1-2-4-13(11)12/h1-6,12,19-20H,7-9H2. The first-order valence-corrected chi connectivity index (χ1v) is 6.60. The number of hydrogen-bond donors (Lipinski definition) is 2. The van der Waals surface area contributed by atoms with Gasteiger partial charge in [-0.2, -0.15) is 0 Å². The van der Waals surface area contributed by atoms with Gasteiger partial charge in [-0.1, -0.05) is 24.3 Å². The molecule has 2 aromatic carbocycles. The van der Waals surface area contributed by atoms with Crippen LogP contribution in [0, 0.1) is 11.6 Å². The molecule has 0 aliphatic heterocycles. The molecule has 0 aromatic heterocycles. The molecular formula is C16H15F2NO. The Balaban J connectivity index is 1.57. The maximum Gasteiger partial charge on any atom is 0.187 e. The molecule has 2 N–H and O–H groups in total. The van der Waals surface area contributed by atoms with E-state index in [4.69, 9.17) is 5.11 Å². The normalized spacial score (nSPS) is 16.6. The molecule has 0 spiro atoms. The second-order valence-corrected chi connectivity index (χ2v) is 5.14. The highest BCUT2D eigenvalue weighted by molar-refractivity contribution is 5.40. The smallest absolute Gasteiger partial charge is 0.187 e. The van der Waals surface area contributed by atoms with Gasteiger partial charge < -0.3 is 10.4 Å². The summed E-state index contributed by atoms with van der Waals surface area (Å²) in [6.45, 7) is 1.16. The SMILES string of the molecule is Oc1c(F)cc(CNCC2Cc3ccccc32)cc1F. The van der Waals surface area contributed by atoms with E-state index >= 15 is 0 Å². The summed E-state index contributed by atoms with van der Waals surface area (Å²) in [5, 5.41) is 12.2. The number of phenolic OH excluding ortho intramolecular Hbond substituents is 1. The van der Waals surface area contributed by atoms with Crippen LogP contribution in [0.5, 0.6) is 5.75 Å². The summed E-state index contributed by atoms with van der Waals surface area (Å²) in [4.78, 5) is 0. The number of halogens is 2. The van der Waals surface area contributed by atoms with Crippen molar-refractivity contribution >= 4 is 0 Å². The monoisotopic (exact) mass is 275 g/mol. The molecule has 104 valence electrons. The Hall–Kier alpha value is -1.94. The topological polar surface area (TPSA) is 32.3 Å². The third-order valence-corrected chi connectivity index (χ3v) is 3.76. The van der Waals surface area contributed by atoms with Crippen molar-refractivity contribution in [1.29, 1.82) is 0 Å². The number of nitrogens with one attached hydrogen (secondary N) is 1. The predicted molar refractivity (Wildman–Crippen MR) is 72.6 cm³/mol. The average molecular weight is 275 g/mol. The summed E-state index contributed by atoms with van der Waals surface area (Å²) in [5.41, 5.74) is 3.22. The zero-order valence-corrected chi connectivity index (χ0v) is 10.9. The molecule has 0 radical (unpaired) electrons. The highest BCUT2D eigenvalue weighted by atomic mass is 19.1. The van der Waals surface area contributed by atoms with E-state index in [1.807, 2.05) is 12.1 Å². The summed E-state index contributed by atoms with van der Waals surface area (Å²) in [6, 6.07) is 10.6. The first-order chi connectivity index (χ1) is 9.65. The zero-order valence-electron chi connectivity index (χ0n) is 10.9. The molecular weight excluding hydrogens is 260 g/mol. The third kappa shape index (κ3) is 2.39. The van der Waals surface area contributed by atoms with E-state index in [1.54, 1.807) is 0 Å². The number of benzene rings is 2. The van der Waals surface area contributed by atoms with Crippen LogP contribution < -0.4 is 5.32 Å². The van der Waals surface area contributed by atoms with E-state index < -0.39 is 17.4 Å². The average Bonchev–Trinajstić information content (AvgIpc) is 2.41. The molecule has 1 atom stereocenters. The van der Waals surface area contributed by atoms with Gasteiger partial charge in [-0.15, -0.1) is 0 Å². The van der Waals surface area contributed by atoms with Gasteiger partial charge in [0.2, 0.25) is 0 Å². The van der Waals surface area contributed by atoms with Crippen LogP contribution in [0.3, 0.4) is 0 Å². The van der Waals surface area contributed by atoms with Gasteiger partial charge >= 0.3 is 0 Å². The van der Waals surface area contributed by atoms with Crippen molar-refractivity contribution in [3.05, 3.63) is 64.7 Å². The number of phenols is 1. The van der Waals surface area contributed by atoms with Crippen LogP contribution in [0.25, 0.3) is 0 Å². The summed E-state index contributed by atoms with van der Waals surface area (Å²) < 4.78 is 26.4. The first kappa shape index (κ1) is 13.1. The van der Waals surface area contributed by atoms with Crippen molar-refractivity contribution in [3.8, 4) is 5.75 Å². The number of hydrogen-bond acceptors (Lipinski definition) is 2. The van der Waals surface area contributed by atoms with Gasteiger partial charge in [0, 0.05) is 19.0 Å². The van der Waals surface area contributed by atoms with Gasteiger partial charge in [-0.3, -0.25) is 0 Å². The van der Waals surface area contributed by atoms with Crippen molar-refractivity contribution < 1.29 is 13.9 Å². The summed E-state index contributed by atoms with van der Waals surface area (Å²) in [7, 11) is 0. The molecule has 1 aliphatic rings. The molecule has 0 bridgehead atoms. The fourth-order valence-electron chi connectivity index (χ4n) is 2.66. The van der Waals surface area contributed by atoms with Crippen LogP contribution >= 0.6 is 0 Å². The minimum atomic E-state index is -0.921. The Bertz CT molecular complexity index is 619. The van der Waals surface area contributed by atoms with Gasteiger partial charge in [0.15, 0.2) is 17.4 Å². The van der Waals surface area contributed by atoms with Gasteiger partial charge in [0.25, 0.3) is 0 Å². The van der Waals surface area contributed by atoms with Crippen LogP contribution in [0.1, 0.15) is 22.6 Å². The molecule has 2 nitrogen and oxygen atoms in total. The second-order valence-electron chi connectivity index (χ2n) is 5.14. The predicted octanol–water partition coefficient (Wildman–Crippen LogP) is 3.10. The number of rotatable bonds is 4. The Morgan fingerprint density at radius 2 is 1.85 bits per heavy atom. The highest BCUT2D eigenvalue weighted by Gasteiger charge is 2.24. The Kier molecular flexibility index (Phi) is 3.40. The number of fused-ring (bicyclic) bond motifs is 1. The van der Waals surface area contributed by atoms with E-state index in [-0.39, 0.29) is 0 Å². The van der Waals surface area contributed by atoms with Gasteiger partial charge in [-0.25, -0.2) is 8.78 Å². The third-order valence-electron chi connectivity index (χ3n) is 3.76. The van der Waals surface area contributed by atoms with E-state index in [2.05, 4.69) is 17.4 Å². The quantitative estimate of drug-likeness (QED) is 0.898. The Labute approximate surface area is 116 Å². The minimum Gasteiger partial charge on any atom is -0.503 e. The van der Waals surface area contributed by atoms with E-state index in [9.17, 15) is 8.78 Å². The largest absolute Gasteiger partial charge is 0.503 e.